The summed E-state index contributed by atoms with van der Waals surface area (Å²) in [4.78, 5) is 13.8. The molecule has 1 amide bonds. The van der Waals surface area contributed by atoms with Gasteiger partial charge >= 0.3 is 0 Å². The van der Waals surface area contributed by atoms with Crippen LogP contribution in [0.25, 0.3) is 0 Å². The summed E-state index contributed by atoms with van der Waals surface area (Å²) in [6, 6.07) is 0. The zero-order chi connectivity index (χ0) is 10.7. The largest absolute Gasteiger partial charge is 0.380 e. The SMILES string of the molecule is CO[C@H]1CCN(C(=O)C2CNCCO2)C1.Cl. The van der Waals surface area contributed by atoms with Gasteiger partial charge in [0.1, 0.15) is 6.10 Å². The van der Waals surface area contributed by atoms with Crippen molar-refractivity contribution >= 4 is 18.3 Å². The summed E-state index contributed by atoms with van der Waals surface area (Å²) in [5, 5.41) is 3.16. The minimum atomic E-state index is -0.297. The van der Waals surface area contributed by atoms with Crippen molar-refractivity contribution < 1.29 is 14.3 Å². The van der Waals surface area contributed by atoms with Crippen molar-refractivity contribution in [3.63, 3.8) is 0 Å². The Morgan fingerprint density at radius 2 is 2.38 bits per heavy atom. The van der Waals surface area contributed by atoms with Gasteiger partial charge in [0.25, 0.3) is 5.91 Å². The number of nitrogens with one attached hydrogen (secondary N) is 1. The zero-order valence-corrected chi connectivity index (χ0v) is 10.3. The maximum absolute atomic E-state index is 12.0. The van der Waals surface area contributed by atoms with Crippen LogP contribution >= 0.6 is 12.4 Å². The van der Waals surface area contributed by atoms with Crippen LogP contribution in [0.3, 0.4) is 0 Å². The van der Waals surface area contributed by atoms with E-state index in [4.69, 9.17) is 9.47 Å². The molecule has 2 aliphatic rings. The molecule has 0 aromatic rings. The number of rotatable bonds is 2. The summed E-state index contributed by atoms with van der Waals surface area (Å²) in [6.45, 7) is 3.59. The summed E-state index contributed by atoms with van der Waals surface area (Å²) >= 11 is 0. The Labute approximate surface area is 102 Å². The van der Waals surface area contributed by atoms with Gasteiger partial charge < -0.3 is 19.7 Å². The maximum Gasteiger partial charge on any atom is 0.253 e. The number of carbonyl (C=O) groups is 1. The van der Waals surface area contributed by atoms with Gasteiger partial charge in [-0.25, -0.2) is 0 Å². The first-order chi connectivity index (χ1) is 7.31. The lowest BCUT2D eigenvalue weighted by Crippen LogP contribution is -2.49. The second kappa shape index (κ2) is 6.39. The monoisotopic (exact) mass is 250 g/mol. The molecule has 2 atom stereocenters. The molecule has 16 heavy (non-hydrogen) atoms. The number of hydrogen-bond acceptors (Lipinski definition) is 4. The quantitative estimate of drug-likeness (QED) is 0.728. The minimum absolute atomic E-state index is 0. The van der Waals surface area contributed by atoms with Crippen LogP contribution < -0.4 is 5.32 Å². The van der Waals surface area contributed by atoms with Gasteiger partial charge in [-0.15, -0.1) is 12.4 Å². The Morgan fingerprint density at radius 1 is 1.56 bits per heavy atom. The summed E-state index contributed by atoms with van der Waals surface area (Å²) in [5.74, 6) is 0.0988. The van der Waals surface area contributed by atoms with Crippen LogP contribution in [0.15, 0.2) is 0 Å². The molecule has 0 radical (unpaired) electrons. The van der Waals surface area contributed by atoms with E-state index < -0.39 is 0 Å². The Bertz CT molecular complexity index is 234. The molecule has 2 saturated heterocycles. The fourth-order valence-electron chi connectivity index (χ4n) is 2.05. The molecular formula is C10H19ClN2O3. The molecule has 2 aliphatic heterocycles. The van der Waals surface area contributed by atoms with E-state index in [-0.39, 0.29) is 30.5 Å². The van der Waals surface area contributed by atoms with E-state index in [1.165, 1.54) is 0 Å². The fourth-order valence-corrected chi connectivity index (χ4v) is 2.05. The Kier molecular flexibility index (Phi) is 5.48. The lowest BCUT2D eigenvalue weighted by Gasteiger charge is -2.27. The maximum atomic E-state index is 12.0. The molecule has 1 N–H and O–H groups in total. The fraction of sp³-hybridized carbons (Fsp3) is 0.900. The second-order valence-electron chi connectivity index (χ2n) is 3.99. The number of halogens is 1. The van der Waals surface area contributed by atoms with Crippen LogP contribution in [0.5, 0.6) is 0 Å². The van der Waals surface area contributed by atoms with Gasteiger partial charge in [-0.3, -0.25) is 4.79 Å². The van der Waals surface area contributed by atoms with E-state index in [1.807, 2.05) is 4.90 Å². The molecule has 6 heteroatoms. The lowest BCUT2D eigenvalue weighted by molar-refractivity contribution is -0.144. The molecule has 2 heterocycles. The third-order valence-electron chi connectivity index (χ3n) is 2.99. The van der Waals surface area contributed by atoms with Gasteiger partial charge in [0.05, 0.1) is 12.7 Å². The van der Waals surface area contributed by atoms with Crippen LogP contribution in [-0.2, 0) is 14.3 Å². The van der Waals surface area contributed by atoms with Gasteiger partial charge in [0, 0.05) is 33.3 Å². The van der Waals surface area contributed by atoms with Crippen LogP contribution in [0.2, 0.25) is 0 Å². The molecule has 0 aromatic carbocycles. The highest BCUT2D eigenvalue weighted by molar-refractivity contribution is 5.85. The van der Waals surface area contributed by atoms with Crippen molar-refractivity contribution in [1.82, 2.24) is 10.2 Å². The molecule has 0 bridgehead atoms. The number of methoxy groups -OCH3 is 1. The number of hydrogen-bond donors (Lipinski definition) is 1. The number of ether oxygens (including phenoxy) is 2. The number of likely N-dealkylation sites (tertiary alicyclic amines) is 1. The number of morpholine rings is 1. The Balaban J connectivity index is 0.00000128. The van der Waals surface area contributed by atoms with Crippen molar-refractivity contribution in [2.24, 2.45) is 0 Å². The standard InChI is InChI=1S/C10H18N2O3.ClH/c1-14-8-2-4-12(7-8)10(13)9-6-11-3-5-15-9;/h8-9,11H,2-7H2,1H3;1H/t8-,9?;/m0./s1. The molecule has 94 valence electrons. The van der Waals surface area contributed by atoms with Gasteiger partial charge in [0.15, 0.2) is 0 Å². The van der Waals surface area contributed by atoms with Crippen LogP contribution in [0.1, 0.15) is 6.42 Å². The molecule has 0 saturated carbocycles. The number of carbonyl (C=O) groups excluding carboxylic acids is 1. The average Bonchev–Trinajstić information content (AvgIpc) is 2.78. The first-order valence-corrected chi connectivity index (χ1v) is 5.45. The number of nitrogens with zero attached hydrogens (tertiary/aromatic N) is 1. The smallest absolute Gasteiger partial charge is 0.253 e. The second-order valence-corrected chi connectivity index (χ2v) is 3.99. The van der Waals surface area contributed by atoms with Gasteiger partial charge in [-0.1, -0.05) is 0 Å². The van der Waals surface area contributed by atoms with E-state index in [0.29, 0.717) is 19.7 Å². The van der Waals surface area contributed by atoms with E-state index in [1.54, 1.807) is 7.11 Å². The summed E-state index contributed by atoms with van der Waals surface area (Å²) < 4.78 is 10.7. The highest BCUT2D eigenvalue weighted by Crippen LogP contribution is 2.14. The highest BCUT2D eigenvalue weighted by atomic mass is 35.5. The molecule has 0 aliphatic carbocycles. The average molecular weight is 251 g/mol. The number of amides is 1. The lowest BCUT2D eigenvalue weighted by atomic mass is 10.2. The first kappa shape index (κ1) is 13.7. The highest BCUT2D eigenvalue weighted by Gasteiger charge is 2.32. The summed E-state index contributed by atoms with van der Waals surface area (Å²) in [7, 11) is 1.69. The molecule has 1 unspecified atom stereocenters. The third kappa shape index (κ3) is 3.07. The van der Waals surface area contributed by atoms with E-state index in [0.717, 1.165) is 19.5 Å². The Morgan fingerprint density at radius 3 is 2.94 bits per heavy atom. The molecular weight excluding hydrogens is 232 g/mol. The van der Waals surface area contributed by atoms with Gasteiger partial charge in [-0.2, -0.15) is 0 Å². The Hall–Kier alpha value is -0.360. The van der Waals surface area contributed by atoms with E-state index >= 15 is 0 Å². The van der Waals surface area contributed by atoms with Gasteiger partial charge in [0.2, 0.25) is 0 Å². The predicted molar refractivity (Wildman–Crippen MR) is 61.9 cm³/mol. The third-order valence-corrected chi connectivity index (χ3v) is 2.99. The molecule has 2 rings (SSSR count). The molecule has 0 spiro atoms. The van der Waals surface area contributed by atoms with Crippen molar-refractivity contribution in [2.75, 3.05) is 39.9 Å². The van der Waals surface area contributed by atoms with Crippen molar-refractivity contribution in [1.29, 1.82) is 0 Å². The zero-order valence-electron chi connectivity index (χ0n) is 9.48. The summed E-state index contributed by atoms with van der Waals surface area (Å²) in [6.07, 6.45) is 0.836. The van der Waals surface area contributed by atoms with Crippen LogP contribution in [0.4, 0.5) is 0 Å². The van der Waals surface area contributed by atoms with Crippen molar-refractivity contribution in [3.05, 3.63) is 0 Å². The minimum Gasteiger partial charge on any atom is -0.380 e. The van der Waals surface area contributed by atoms with Crippen LogP contribution in [-0.4, -0.2) is 62.9 Å². The van der Waals surface area contributed by atoms with Crippen LogP contribution in [0, 0.1) is 0 Å². The molecule has 0 aromatic heterocycles. The molecule has 5 nitrogen and oxygen atoms in total. The van der Waals surface area contributed by atoms with E-state index in [2.05, 4.69) is 5.32 Å². The molecule has 2 fully saturated rings. The normalized spacial score (nSPS) is 29.9. The van der Waals surface area contributed by atoms with Crippen molar-refractivity contribution in [3.8, 4) is 0 Å². The first-order valence-electron chi connectivity index (χ1n) is 5.45. The summed E-state index contributed by atoms with van der Waals surface area (Å²) in [5.41, 5.74) is 0. The van der Waals surface area contributed by atoms with Gasteiger partial charge in [-0.05, 0) is 6.42 Å². The predicted octanol–water partition coefficient (Wildman–Crippen LogP) is -0.356. The van der Waals surface area contributed by atoms with E-state index in [9.17, 15) is 4.79 Å². The van der Waals surface area contributed by atoms with Crippen molar-refractivity contribution in [2.45, 2.75) is 18.6 Å². The topological polar surface area (TPSA) is 50.8 Å².